The summed E-state index contributed by atoms with van der Waals surface area (Å²) < 4.78 is 5.62. The lowest BCUT2D eigenvalue weighted by molar-refractivity contribution is 0.0696. The first-order valence-corrected chi connectivity index (χ1v) is 6.37. The maximum atomic E-state index is 10.8. The Morgan fingerprint density at radius 2 is 2.00 bits per heavy atom. The zero-order valence-corrected chi connectivity index (χ0v) is 11.2. The molecule has 0 spiro atoms. The molecule has 0 aliphatic heterocycles. The van der Waals surface area contributed by atoms with Crippen LogP contribution in [0.5, 0.6) is 5.75 Å². The summed E-state index contributed by atoms with van der Waals surface area (Å²) in [5, 5.41) is 17.3. The van der Waals surface area contributed by atoms with E-state index in [9.17, 15) is 4.79 Å². The Kier molecular flexibility index (Phi) is 4.83. The number of carboxylic acids is 1. The van der Waals surface area contributed by atoms with E-state index in [1.54, 1.807) is 12.1 Å². The molecule has 2 rings (SSSR count). The summed E-state index contributed by atoms with van der Waals surface area (Å²) in [7, 11) is 0. The van der Waals surface area contributed by atoms with E-state index in [0.717, 1.165) is 0 Å². The minimum atomic E-state index is -1.07. The van der Waals surface area contributed by atoms with Crippen molar-refractivity contribution in [2.45, 2.75) is 12.8 Å². The van der Waals surface area contributed by atoms with Gasteiger partial charge in [0, 0.05) is 18.8 Å². The summed E-state index contributed by atoms with van der Waals surface area (Å²) in [5.41, 5.74) is 0.720. The molecule has 1 heterocycles. The quantitative estimate of drug-likeness (QED) is 0.818. The molecule has 0 amide bonds. The molecule has 0 aliphatic carbocycles. The molecule has 0 aliphatic rings. The Balaban J connectivity index is 2.19. The van der Waals surface area contributed by atoms with Gasteiger partial charge in [0.15, 0.2) is 5.82 Å². The first-order valence-electron chi connectivity index (χ1n) is 6.37. The zero-order valence-electron chi connectivity index (χ0n) is 11.2. The third-order valence-electron chi connectivity index (χ3n) is 2.72. The lowest BCUT2D eigenvalue weighted by Crippen LogP contribution is -2.02. The molecule has 1 N–H and O–H groups in total. The van der Waals surface area contributed by atoms with E-state index in [4.69, 9.17) is 15.1 Å². The molecular formula is C15H13N3O3. The van der Waals surface area contributed by atoms with Gasteiger partial charge >= 0.3 is 5.97 Å². The second-order valence-electron chi connectivity index (χ2n) is 4.21. The van der Waals surface area contributed by atoms with Crippen LogP contribution in [0.2, 0.25) is 0 Å². The van der Waals surface area contributed by atoms with E-state index in [-0.39, 0.29) is 5.56 Å². The molecule has 0 fully saturated rings. The Hall–Kier alpha value is -2.94. The van der Waals surface area contributed by atoms with Gasteiger partial charge in [-0.05, 0) is 18.6 Å². The highest BCUT2D eigenvalue weighted by atomic mass is 16.5. The Morgan fingerprint density at radius 3 is 2.67 bits per heavy atom. The number of ether oxygens (including phenoxy) is 1. The van der Waals surface area contributed by atoms with Gasteiger partial charge in [-0.25, -0.2) is 14.8 Å². The molecule has 2 aromatic rings. The number of hydrogen-bond donors (Lipinski definition) is 1. The number of aromatic nitrogens is 2. The second kappa shape index (κ2) is 7.01. The summed E-state index contributed by atoms with van der Waals surface area (Å²) in [6.45, 7) is 0.428. The fraction of sp³-hybridized carbons (Fsp3) is 0.200. The van der Waals surface area contributed by atoms with Crippen molar-refractivity contribution in [1.82, 2.24) is 9.97 Å². The largest absolute Gasteiger partial charge is 0.493 e. The fourth-order valence-corrected chi connectivity index (χ4v) is 1.69. The number of nitrogens with zero attached hydrogens (tertiary/aromatic N) is 3. The van der Waals surface area contributed by atoms with Crippen LogP contribution in [-0.2, 0) is 0 Å². The number of unbranched alkanes of at least 4 members (excludes halogenated alkanes) is 1. The second-order valence-corrected chi connectivity index (χ2v) is 4.21. The average Bonchev–Trinajstić information content (AvgIpc) is 2.52. The van der Waals surface area contributed by atoms with Crippen molar-refractivity contribution in [2.24, 2.45) is 0 Å². The molecule has 6 heteroatoms. The number of nitriles is 1. The van der Waals surface area contributed by atoms with Gasteiger partial charge in [0.25, 0.3) is 0 Å². The van der Waals surface area contributed by atoms with Crippen LogP contribution in [0, 0.1) is 11.3 Å². The molecule has 0 bridgehead atoms. The summed E-state index contributed by atoms with van der Waals surface area (Å²) in [6.07, 6.45) is 3.60. The summed E-state index contributed by atoms with van der Waals surface area (Å²) in [6, 6.07) is 9.30. The maximum absolute atomic E-state index is 10.8. The third-order valence-corrected chi connectivity index (χ3v) is 2.72. The normalized spacial score (nSPS) is 9.86. The van der Waals surface area contributed by atoms with Gasteiger partial charge in [0.1, 0.15) is 5.75 Å². The van der Waals surface area contributed by atoms with Gasteiger partial charge < -0.3 is 9.84 Å². The van der Waals surface area contributed by atoms with Gasteiger partial charge in [-0.2, -0.15) is 5.26 Å². The van der Waals surface area contributed by atoms with Crippen LogP contribution in [0.3, 0.4) is 0 Å². The van der Waals surface area contributed by atoms with Crippen molar-refractivity contribution in [2.75, 3.05) is 6.61 Å². The van der Waals surface area contributed by atoms with Crippen LogP contribution < -0.4 is 4.74 Å². The molecule has 6 nitrogen and oxygen atoms in total. The van der Waals surface area contributed by atoms with E-state index in [1.807, 2.05) is 12.1 Å². The lowest BCUT2D eigenvalue weighted by Gasteiger charge is -2.09. The lowest BCUT2D eigenvalue weighted by atomic mass is 10.2. The van der Waals surface area contributed by atoms with E-state index in [1.165, 1.54) is 12.4 Å². The predicted octanol–water partition coefficient (Wildman–Crippen LogP) is 2.52. The Bertz CT molecular complexity index is 663. The van der Waals surface area contributed by atoms with Crippen molar-refractivity contribution >= 4 is 5.97 Å². The number of carboxylic acid groups (broad SMARTS) is 1. The van der Waals surface area contributed by atoms with Gasteiger partial charge in [-0.15, -0.1) is 0 Å². The molecule has 0 saturated heterocycles. The van der Waals surface area contributed by atoms with Crippen molar-refractivity contribution in [3.63, 3.8) is 0 Å². The smallest absolute Gasteiger partial charge is 0.338 e. The van der Waals surface area contributed by atoms with Crippen LogP contribution >= 0.6 is 0 Å². The van der Waals surface area contributed by atoms with Crippen molar-refractivity contribution in [1.29, 1.82) is 5.26 Å². The SMILES string of the molecule is N#CCCCOc1ccccc1-c1ncc(C(=O)O)cn1. The fourth-order valence-electron chi connectivity index (χ4n) is 1.69. The first-order chi connectivity index (χ1) is 10.2. The average molecular weight is 283 g/mol. The molecular weight excluding hydrogens is 270 g/mol. The third kappa shape index (κ3) is 3.76. The maximum Gasteiger partial charge on any atom is 0.338 e. The minimum Gasteiger partial charge on any atom is -0.493 e. The molecule has 21 heavy (non-hydrogen) atoms. The topological polar surface area (TPSA) is 96.1 Å². The molecule has 0 atom stereocenters. The number of hydrogen-bond acceptors (Lipinski definition) is 5. The van der Waals surface area contributed by atoms with Crippen LogP contribution in [-0.4, -0.2) is 27.7 Å². The van der Waals surface area contributed by atoms with Gasteiger partial charge in [0.2, 0.25) is 0 Å². The highest BCUT2D eigenvalue weighted by molar-refractivity contribution is 5.87. The standard InChI is InChI=1S/C15H13N3O3/c16-7-3-4-8-21-13-6-2-1-5-12(13)14-17-9-11(10-18-14)15(19)20/h1-2,5-6,9-10H,3-4,8H2,(H,19,20). The summed E-state index contributed by atoms with van der Waals surface area (Å²) >= 11 is 0. The molecule has 0 radical (unpaired) electrons. The Labute approximate surface area is 121 Å². The molecule has 1 aromatic carbocycles. The van der Waals surface area contributed by atoms with Crippen LogP contribution in [0.15, 0.2) is 36.7 Å². The zero-order chi connectivity index (χ0) is 15.1. The molecule has 1 aromatic heterocycles. The Morgan fingerprint density at radius 1 is 1.29 bits per heavy atom. The summed E-state index contributed by atoms with van der Waals surface area (Å²) in [5.74, 6) is -0.0583. The van der Waals surface area contributed by atoms with Crippen molar-refractivity contribution in [3.8, 4) is 23.2 Å². The number of para-hydroxylation sites is 1. The highest BCUT2D eigenvalue weighted by Crippen LogP contribution is 2.27. The minimum absolute atomic E-state index is 0.0335. The molecule has 106 valence electrons. The molecule has 0 saturated carbocycles. The number of aromatic carboxylic acids is 1. The van der Waals surface area contributed by atoms with Crippen molar-refractivity contribution < 1.29 is 14.6 Å². The van der Waals surface area contributed by atoms with Gasteiger partial charge in [0.05, 0.1) is 23.8 Å². The highest BCUT2D eigenvalue weighted by Gasteiger charge is 2.10. The molecule has 0 unspecified atom stereocenters. The summed E-state index contributed by atoms with van der Waals surface area (Å²) in [4.78, 5) is 18.9. The number of carbonyl (C=O) groups is 1. The van der Waals surface area contributed by atoms with Gasteiger partial charge in [-0.3, -0.25) is 0 Å². The van der Waals surface area contributed by atoms with Crippen LogP contribution in [0.25, 0.3) is 11.4 Å². The first kappa shape index (κ1) is 14.5. The van der Waals surface area contributed by atoms with Crippen LogP contribution in [0.1, 0.15) is 23.2 Å². The van der Waals surface area contributed by atoms with E-state index < -0.39 is 5.97 Å². The van der Waals surface area contributed by atoms with E-state index >= 15 is 0 Å². The van der Waals surface area contributed by atoms with E-state index in [2.05, 4.69) is 16.0 Å². The van der Waals surface area contributed by atoms with Gasteiger partial charge in [-0.1, -0.05) is 12.1 Å². The number of rotatable bonds is 6. The monoisotopic (exact) mass is 283 g/mol. The van der Waals surface area contributed by atoms with Crippen LogP contribution in [0.4, 0.5) is 0 Å². The van der Waals surface area contributed by atoms with Crippen molar-refractivity contribution in [3.05, 3.63) is 42.2 Å². The predicted molar refractivity (Wildman–Crippen MR) is 74.8 cm³/mol. The van der Waals surface area contributed by atoms with E-state index in [0.29, 0.717) is 36.6 Å². The number of benzene rings is 1.